The van der Waals surface area contributed by atoms with Crippen molar-refractivity contribution < 1.29 is 9.13 Å². The molecular formula is C13H12ClFN2O2S. The number of nitrogens with zero attached hydrogens (tertiary/aromatic N) is 1. The Morgan fingerprint density at radius 3 is 3.00 bits per heavy atom. The lowest BCUT2D eigenvalue weighted by Gasteiger charge is -2.06. The molecule has 0 bridgehead atoms. The first-order valence-corrected chi connectivity index (χ1v) is 7.11. The smallest absolute Gasteiger partial charge is 0.251 e. The molecule has 1 N–H and O–H groups in total. The van der Waals surface area contributed by atoms with Crippen LogP contribution in [0.15, 0.2) is 34.2 Å². The third kappa shape index (κ3) is 3.82. The molecule has 4 nitrogen and oxygen atoms in total. The van der Waals surface area contributed by atoms with Gasteiger partial charge in [-0.1, -0.05) is 29.4 Å². The fourth-order valence-electron chi connectivity index (χ4n) is 1.58. The zero-order chi connectivity index (χ0) is 14.5. The van der Waals surface area contributed by atoms with E-state index < -0.39 is 0 Å². The lowest BCUT2D eigenvalue weighted by Crippen LogP contribution is -2.10. The second-order valence-electron chi connectivity index (χ2n) is 3.96. The third-order valence-electron chi connectivity index (χ3n) is 2.48. The highest BCUT2D eigenvalue weighted by molar-refractivity contribution is 7.98. The van der Waals surface area contributed by atoms with Crippen LogP contribution in [-0.2, 0) is 17.1 Å². The summed E-state index contributed by atoms with van der Waals surface area (Å²) in [6, 6.07) is 5.88. The van der Waals surface area contributed by atoms with Gasteiger partial charge in [0.1, 0.15) is 5.82 Å². The predicted octanol–water partition coefficient (Wildman–Crippen LogP) is 3.00. The largest absolute Gasteiger partial charge is 0.378 e. The number of thioether (sulfide) groups is 1. The van der Waals surface area contributed by atoms with Gasteiger partial charge < -0.3 is 9.72 Å². The highest BCUT2D eigenvalue weighted by Crippen LogP contribution is 2.26. The van der Waals surface area contributed by atoms with Crippen LogP contribution < -0.4 is 5.56 Å². The lowest BCUT2D eigenvalue weighted by atomic mass is 10.2. The van der Waals surface area contributed by atoms with Crippen LogP contribution in [0.2, 0.25) is 5.02 Å². The van der Waals surface area contributed by atoms with Crippen LogP contribution in [0.25, 0.3) is 0 Å². The van der Waals surface area contributed by atoms with Gasteiger partial charge in [0.2, 0.25) is 0 Å². The van der Waals surface area contributed by atoms with E-state index in [1.807, 2.05) is 0 Å². The summed E-state index contributed by atoms with van der Waals surface area (Å²) < 4.78 is 18.6. The number of halogens is 2. The number of hydrogen-bond donors (Lipinski definition) is 1. The van der Waals surface area contributed by atoms with Crippen molar-refractivity contribution >= 4 is 23.4 Å². The standard InChI is InChI=1S/C13H12ClFN2O2S/c1-19-6-8-5-12(18)17-13(16-8)20-7-9-10(14)3-2-4-11(9)15/h2-5H,6-7H2,1H3,(H,16,17,18). The Bertz CT molecular complexity index is 643. The quantitative estimate of drug-likeness (QED) is 0.681. The number of ether oxygens (including phenoxy) is 1. The van der Waals surface area contributed by atoms with Crippen molar-refractivity contribution in [1.82, 2.24) is 9.97 Å². The molecule has 0 aliphatic carbocycles. The Morgan fingerprint density at radius 2 is 2.30 bits per heavy atom. The normalized spacial score (nSPS) is 10.8. The van der Waals surface area contributed by atoms with Crippen molar-refractivity contribution in [2.75, 3.05) is 7.11 Å². The van der Waals surface area contributed by atoms with Crippen molar-refractivity contribution in [2.45, 2.75) is 17.5 Å². The average molecular weight is 315 g/mol. The summed E-state index contributed by atoms with van der Waals surface area (Å²) in [5.74, 6) is -0.0920. The van der Waals surface area contributed by atoms with Gasteiger partial charge in [0, 0.05) is 29.5 Å². The first-order valence-electron chi connectivity index (χ1n) is 5.75. The van der Waals surface area contributed by atoms with Crippen LogP contribution in [0.5, 0.6) is 0 Å². The Kier molecular flexibility index (Phi) is 5.17. The second kappa shape index (κ2) is 6.88. The number of hydrogen-bond acceptors (Lipinski definition) is 4. The summed E-state index contributed by atoms with van der Waals surface area (Å²) in [5.41, 5.74) is 0.645. The SMILES string of the molecule is COCc1cc(=O)[nH]c(SCc2c(F)cccc2Cl)n1. The zero-order valence-electron chi connectivity index (χ0n) is 10.7. The fourth-order valence-corrected chi connectivity index (χ4v) is 2.82. The average Bonchev–Trinajstić information content (AvgIpc) is 2.38. The molecule has 0 saturated carbocycles. The van der Waals surface area contributed by atoms with Crippen LogP contribution in [0.1, 0.15) is 11.3 Å². The number of aromatic amines is 1. The van der Waals surface area contributed by atoms with E-state index in [1.165, 1.54) is 31.0 Å². The molecule has 0 aliphatic heterocycles. The van der Waals surface area contributed by atoms with Gasteiger partial charge in [0.15, 0.2) is 5.16 Å². The number of rotatable bonds is 5. The van der Waals surface area contributed by atoms with E-state index in [0.717, 1.165) is 0 Å². The van der Waals surface area contributed by atoms with E-state index >= 15 is 0 Å². The summed E-state index contributed by atoms with van der Waals surface area (Å²) in [5, 5.41) is 0.761. The minimum atomic E-state index is -0.375. The Morgan fingerprint density at radius 1 is 1.50 bits per heavy atom. The maximum Gasteiger partial charge on any atom is 0.251 e. The Labute approximate surface area is 124 Å². The van der Waals surface area contributed by atoms with E-state index in [-0.39, 0.29) is 23.7 Å². The first-order chi connectivity index (χ1) is 9.60. The summed E-state index contributed by atoms with van der Waals surface area (Å²) >= 11 is 7.15. The van der Waals surface area contributed by atoms with E-state index in [1.54, 1.807) is 12.1 Å². The summed E-state index contributed by atoms with van der Waals surface area (Å²) in [6.45, 7) is 0.248. The molecule has 0 aliphatic rings. The highest BCUT2D eigenvalue weighted by atomic mass is 35.5. The highest BCUT2D eigenvalue weighted by Gasteiger charge is 2.09. The summed E-state index contributed by atoms with van der Waals surface area (Å²) in [7, 11) is 1.52. The predicted molar refractivity (Wildman–Crippen MR) is 76.5 cm³/mol. The molecule has 20 heavy (non-hydrogen) atoms. The maximum absolute atomic E-state index is 13.6. The van der Waals surface area contributed by atoms with E-state index in [9.17, 15) is 9.18 Å². The van der Waals surface area contributed by atoms with Gasteiger partial charge in [-0.2, -0.15) is 0 Å². The minimum absolute atomic E-state index is 0.248. The number of H-pyrrole nitrogens is 1. The first kappa shape index (κ1) is 15.0. The van der Waals surface area contributed by atoms with E-state index in [4.69, 9.17) is 16.3 Å². The van der Waals surface area contributed by atoms with Crippen LogP contribution in [0, 0.1) is 5.82 Å². The molecular weight excluding hydrogens is 303 g/mol. The van der Waals surface area contributed by atoms with Crippen LogP contribution in [-0.4, -0.2) is 17.1 Å². The number of aromatic nitrogens is 2. The molecule has 1 aromatic heterocycles. The molecule has 2 aromatic rings. The van der Waals surface area contributed by atoms with Gasteiger partial charge in [0.05, 0.1) is 12.3 Å². The molecule has 0 radical (unpaired) electrons. The van der Waals surface area contributed by atoms with Crippen LogP contribution in [0.4, 0.5) is 4.39 Å². The Balaban J connectivity index is 2.16. The van der Waals surface area contributed by atoms with Crippen LogP contribution >= 0.6 is 23.4 Å². The van der Waals surface area contributed by atoms with E-state index in [0.29, 0.717) is 21.4 Å². The molecule has 7 heteroatoms. The van der Waals surface area contributed by atoms with Gasteiger partial charge in [0.25, 0.3) is 5.56 Å². The van der Waals surface area contributed by atoms with Gasteiger partial charge in [-0.3, -0.25) is 4.79 Å². The molecule has 0 atom stereocenters. The van der Waals surface area contributed by atoms with Gasteiger partial charge in [-0.05, 0) is 12.1 Å². The topological polar surface area (TPSA) is 55.0 Å². The number of methoxy groups -OCH3 is 1. The number of benzene rings is 1. The Hall–Kier alpha value is -1.37. The molecule has 2 rings (SSSR count). The molecule has 0 saturated heterocycles. The summed E-state index contributed by atoms with van der Waals surface area (Å²) in [6.07, 6.45) is 0. The second-order valence-corrected chi connectivity index (χ2v) is 5.34. The van der Waals surface area contributed by atoms with Crippen molar-refractivity contribution in [2.24, 2.45) is 0 Å². The molecule has 1 heterocycles. The zero-order valence-corrected chi connectivity index (χ0v) is 12.2. The summed E-state index contributed by atoms with van der Waals surface area (Å²) in [4.78, 5) is 18.3. The maximum atomic E-state index is 13.6. The van der Waals surface area contributed by atoms with Gasteiger partial charge >= 0.3 is 0 Å². The minimum Gasteiger partial charge on any atom is -0.378 e. The van der Waals surface area contributed by atoms with E-state index in [2.05, 4.69) is 9.97 Å². The van der Waals surface area contributed by atoms with Crippen molar-refractivity contribution in [3.05, 3.63) is 56.7 Å². The lowest BCUT2D eigenvalue weighted by molar-refractivity contribution is 0.180. The van der Waals surface area contributed by atoms with Crippen molar-refractivity contribution in [3.63, 3.8) is 0 Å². The molecule has 106 valence electrons. The molecule has 1 aromatic carbocycles. The number of nitrogens with one attached hydrogen (secondary N) is 1. The monoisotopic (exact) mass is 314 g/mol. The van der Waals surface area contributed by atoms with Gasteiger partial charge in [-0.25, -0.2) is 9.37 Å². The van der Waals surface area contributed by atoms with Crippen molar-refractivity contribution in [1.29, 1.82) is 0 Å². The van der Waals surface area contributed by atoms with Crippen molar-refractivity contribution in [3.8, 4) is 0 Å². The van der Waals surface area contributed by atoms with Crippen LogP contribution in [0.3, 0.4) is 0 Å². The molecule has 0 fully saturated rings. The molecule has 0 amide bonds. The van der Waals surface area contributed by atoms with Gasteiger partial charge in [-0.15, -0.1) is 0 Å². The molecule has 0 unspecified atom stereocenters. The molecule has 0 spiro atoms. The third-order valence-corrected chi connectivity index (χ3v) is 3.73. The fraction of sp³-hybridized carbons (Fsp3) is 0.231.